The van der Waals surface area contributed by atoms with E-state index in [1.54, 1.807) is 12.1 Å². The number of rotatable bonds is 5. The Morgan fingerprint density at radius 1 is 1.59 bits per heavy atom. The minimum atomic E-state index is -0.538. The average molecular weight is 237 g/mol. The zero-order chi connectivity index (χ0) is 12.8. The Labute approximate surface area is 101 Å². The van der Waals surface area contributed by atoms with Crippen molar-refractivity contribution in [2.24, 2.45) is 5.92 Å². The molecule has 0 radical (unpaired) electrons. The first kappa shape index (κ1) is 13.4. The predicted molar refractivity (Wildman–Crippen MR) is 66.4 cm³/mol. The minimum Gasteiger partial charge on any atom is -0.397 e. The summed E-state index contributed by atoms with van der Waals surface area (Å²) < 4.78 is 0. The van der Waals surface area contributed by atoms with Crippen LogP contribution in [0.2, 0.25) is 0 Å². The summed E-state index contributed by atoms with van der Waals surface area (Å²) in [6.07, 6.45) is 1.62. The molecule has 0 aromatic carbocycles. The van der Waals surface area contributed by atoms with Gasteiger partial charge in [0.05, 0.1) is 11.8 Å². The highest BCUT2D eigenvalue weighted by Crippen LogP contribution is 2.07. The van der Waals surface area contributed by atoms with Crippen LogP contribution in [0.25, 0.3) is 0 Å². The summed E-state index contributed by atoms with van der Waals surface area (Å²) in [5.74, 6) is 0.0349. The van der Waals surface area contributed by atoms with E-state index in [2.05, 4.69) is 10.3 Å². The number of nitrogens with one attached hydrogen (secondary N) is 1. The van der Waals surface area contributed by atoms with E-state index < -0.39 is 6.10 Å². The molecule has 0 saturated heterocycles. The quantitative estimate of drug-likeness (QED) is 0.706. The number of nitrogens with zero attached hydrogens (tertiary/aromatic N) is 1. The summed E-state index contributed by atoms with van der Waals surface area (Å²) in [7, 11) is 0. The number of aliphatic hydroxyl groups is 1. The number of pyridine rings is 1. The van der Waals surface area contributed by atoms with Gasteiger partial charge in [-0.25, -0.2) is 4.98 Å². The summed E-state index contributed by atoms with van der Waals surface area (Å²) in [6, 6.07) is 3.28. The van der Waals surface area contributed by atoms with Gasteiger partial charge in [0.15, 0.2) is 5.69 Å². The maximum Gasteiger partial charge on any atom is 0.272 e. The molecule has 0 spiro atoms. The van der Waals surface area contributed by atoms with Crippen LogP contribution in [0.1, 0.15) is 30.8 Å². The van der Waals surface area contributed by atoms with Crippen molar-refractivity contribution in [2.45, 2.75) is 26.4 Å². The summed E-state index contributed by atoms with van der Waals surface area (Å²) in [6.45, 7) is 4.25. The molecule has 0 fully saturated rings. The molecule has 17 heavy (non-hydrogen) atoms. The van der Waals surface area contributed by atoms with E-state index in [0.717, 1.165) is 0 Å². The first-order valence-corrected chi connectivity index (χ1v) is 5.67. The van der Waals surface area contributed by atoms with Crippen molar-refractivity contribution in [1.29, 1.82) is 0 Å². The first-order valence-electron chi connectivity index (χ1n) is 5.67. The molecule has 0 aliphatic carbocycles. The van der Waals surface area contributed by atoms with Crippen LogP contribution in [0.3, 0.4) is 0 Å². The highest BCUT2D eigenvalue weighted by Gasteiger charge is 2.13. The number of hydrogen-bond donors (Lipinski definition) is 3. The number of aromatic nitrogens is 1. The van der Waals surface area contributed by atoms with Gasteiger partial charge in [0, 0.05) is 12.7 Å². The van der Waals surface area contributed by atoms with Gasteiger partial charge >= 0.3 is 0 Å². The molecule has 1 rings (SSSR count). The highest BCUT2D eigenvalue weighted by atomic mass is 16.3. The summed E-state index contributed by atoms with van der Waals surface area (Å²) in [5.41, 5.74) is 6.16. The van der Waals surface area contributed by atoms with E-state index in [-0.39, 0.29) is 18.1 Å². The molecule has 1 aromatic rings. The molecule has 0 aliphatic rings. The molecular formula is C12H19N3O2. The second-order valence-corrected chi connectivity index (χ2v) is 4.43. The molecule has 0 bridgehead atoms. The van der Waals surface area contributed by atoms with Crippen molar-refractivity contribution in [3.05, 3.63) is 24.0 Å². The fourth-order valence-electron chi connectivity index (χ4n) is 1.53. The van der Waals surface area contributed by atoms with Gasteiger partial charge in [-0.15, -0.1) is 0 Å². The monoisotopic (exact) mass is 237 g/mol. The van der Waals surface area contributed by atoms with Crippen molar-refractivity contribution < 1.29 is 9.90 Å². The molecule has 94 valence electrons. The SMILES string of the molecule is CC(C)CC(O)CNC(=O)c1ncccc1N. The second kappa shape index (κ2) is 6.20. The molecule has 1 aromatic heterocycles. The Bertz CT molecular complexity index is 380. The van der Waals surface area contributed by atoms with Crippen LogP contribution in [0.15, 0.2) is 18.3 Å². The molecule has 1 amide bonds. The Kier molecular flexibility index (Phi) is 4.90. The van der Waals surface area contributed by atoms with Crippen LogP contribution in [0, 0.1) is 5.92 Å². The lowest BCUT2D eigenvalue weighted by atomic mass is 10.1. The van der Waals surface area contributed by atoms with Crippen molar-refractivity contribution in [2.75, 3.05) is 12.3 Å². The zero-order valence-corrected chi connectivity index (χ0v) is 10.2. The van der Waals surface area contributed by atoms with Gasteiger partial charge < -0.3 is 16.2 Å². The maximum absolute atomic E-state index is 11.7. The third-order valence-electron chi connectivity index (χ3n) is 2.30. The lowest BCUT2D eigenvalue weighted by Gasteiger charge is -2.13. The largest absolute Gasteiger partial charge is 0.397 e. The molecule has 0 aliphatic heterocycles. The number of carbonyl (C=O) groups excluding carboxylic acids is 1. The number of aliphatic hydroxyl groups excluding tert-OH is 1. The van der Waals surface area contributed by atoms with Gasteiger partial charge in [0.1, 0.15) is 0 Å². The zero-order valence-electron chi connectivity index (χ0n) is 10.2. The highest BCUT2D eigenvalue weighted by molar-refractivity contribution is 5.96. The van der Waals surface area contributed by atoms with Crippen LogP contribution < -0.4 is 11.1 Å². The predicted octanol–water partition coefficient (Wildman–Crippen LogP) is 0.801. The lowest BCUT2D eigenvalue weighted by Crippen LogP contribution is -2.33. The van der Waals surface area contributed by atoms with Gasteiger partial charge in [0.25, 0.3) is 5.91 Å². The van der Waals surface area contributed by atoms with E-state index >= 15 is 0 Å². The van der Waals surface area contributed by atoms with Crippen LogP contribution >= 0.6 is 0 Å². The van der Waals surface area contributed by atoms with Gasteiger partial charge in [-0.2, -0.15) is 0 Å². The second-order valence-electron chi connectivity index (χ2n) is 4.43. The van der Waals surface area contributed by atoms with Crippen molar-refractivity contribution in [1.82, 2.24) is 10.3 Å². The summed E-state index contributed by atoms with van der Waals surface area (Å²) in [4.78, 5) is 15.6. The van der Waals surface area contributed by atoms with Crippen molar-refractivity contribution >= 4 is 11.6 Å². The van der Waals surface area contributed by atoms with E-state index in [0.29, 0.717) is 18.0 Å². The third kappa shape index (κ3) is 4.40. The molecule has 0 saturated carbocycles. The third-order valence-corrected chi connectivity index (χ3v) is 2.30. The summed E-state index contributed by atoms with van der Waals surface area (Å²) >= 11 is 0. The van der Waals surface area contributed by atoms with Gasteiger partial charge in [0.2, 0.25) is 0 Å². The Hall–Kier alpha value is -1.62. The molecular weight excluding hydrogens is 218 g/mol. The number of anilines is 1. The first-order chi connectivity index (χ1) is 8.00. The number of amides is 1. The number of nitrogens with two attached hydrogens (primary N) is 1. The fourth-order valence-corrected chi connectivity index (χ4v) is 1.53. The minimum absolute atomic E-state index is 0.198. The average Bonchev–Trinajstić information content (AvgIpc) is 2.25. The number of carbonyl (C=O) groups is 1. The van der Waals surface area contributed by atoms with E-state index in [1.165, 1.54) is 6.20 Å². The van der Waals surface area contributed by atoms with E-state index in [4.69, 9.17) is 5.73 Å². The van der Waals surface area contributed by atoms with Gasteiger partial charge in [-0.3, -0.25) is 4.79 Å². The fraction of sp³-hybridized carbons (Fsp3) is 0.500. The Morgan fingerprint density at radius 2 is 2.29 bits per heavy atom. The molecule has 5 nitrogen and oxygen atoms in total. The molecule has 1 heterocycles. The molecule has 4 N–H and O–H groups in total. The van der Waals surface area contributed by atoms with Crippen molar-refractivity contribution in [3.8, 4) is 0 Å². The van der Waals surface area contributed by atoms with E-state index in [9.17, 15) is 9.90 Å². The van der Waals surface area contributed by atoms with Crippen LogP contribution in [0.4, 0.5) is 5.69 Å². The topological polar surface area (TPSA) is 88.2 Å². The van der Waals surface area contributed by atoms with Crippen molar-refractivity contribution in [3.63, 3.8) is 0 Å². The smallest absolute Gasteiger partial charge is 0.272 e. The van der Waals surface area contributed by atoms with Crippen LogP contribution in [0.5, 0.6) is 0 Å². The van der Waals surface area contributed by atoms with Crippen LogP contribution in [-0.4, -0.2) is 28.6 Å². The van der Waals surface area contributed by atoms with E-state index in [1.807, 2.05) is 13.8 Å². The van der Waals surface area contributed by atoms with Crippen LogP contribution in [-0.2, 0) is 0 Å². The van der Waals surface area contributed by atoms with Gasteiger partial charge in [-0.1, -0.05) is 13.8 Å². The lowest BCUT2D eigenvalue weighted by molar-refractivity contribution is 0.0896. The molecule has 5 heteroatoms. The number of nitrogen functional groups attached to an aromatic ring is 1. The Balaban J connectivity index is 2.48. The standard InChI is InChI=1S/C12H19N3O2/c1-8(2)6-9(16)7-15-12(17)11-10(13)4-3-5-14-11/h3-5,8-9,16H,6-7,13H2,1-2H3,(H,15,17). The Morgan fingerprint density at radius 3 is 2.88 bits per heavy atom. The summed E-state index contributed by atoms with van der Waals surface area (Å²) in [5, 5.41) is 12.2. The molecule has 1 unspecified atom stereocenters. The number of hydrogen-bond acceptors (Lipinski definition) is 4. The normalized spacial score (nSPS) is 12.5. The molecule has 1 atom stereocenters. The maximum atomic E-state index is 11.7. The van der Waals surface area contributed by atoms with Gasteiger partial charge in [-0.05, 0) is 24.5 Å².